The van der Waals surface area contributed by atoms with E-state index < -0.39 is 0 Å². The van der Waals surface area contributed by atoms with Crippen LogP contribution >= 0.6 is 0 Å². The number of anilines is 1. The van der Waals surface area contributed by atoms with Crippen LogP contribution in [0.4, 0.5) is 5.82 Å². The van der Waals surface area contributed by atoms with Crippen LogP contribution in [0.25, 0.3) is 11.3 Å². The normalized spacial score (nSPS) is 10.6. The van der Waals surface area contributed by atoms with Crippen molar-refractivity contribution in [2.75, 3.05) is 11.9 Å². The smallest absolute Gasteiger partial charge is 0.126 e. The Kier molecular flexibility index (Phi) is 4.34. The van der Waals surface area contributed by atoms with Crippen molar-refractivity contribution in [3.8, 4) is 11.3 Å². The summed E-state index contributed by atoms with van der Waals surface area (Å²) in [5.41, 5.74) is 2.04. The maximum Gasteiger partial charge on any atom is 0.126 e. The van der Waals surface area contributed by atoms with Crippen molar-refractivity contribution in [1.82, 2.24) is 14.8 Å². The van der Waals surface area contributed by atoms with Gasteiger partial charge in [0.1, 0.15) is 5.82 Å². The van der Waals surface area contributed by atoms with Gasteiger partial charge in [0.25, 0.3) is 0 Å². The summed E-state index contributed by atoms with van der Waals surface area (Å²) < 4.78 is 1.96. The Morgan fingerprint density at radius 3 is 2.89 bits per heavy atom. The molecule has 96 valence electrons. The highest BCUT2D eigenvalue weighted by Gasteiger charge is 2.03. The second-order valence-corrected chi connectivity index (χ2v) is 4.33. The average molecular weight is 244 g/mol. The third kappa shape index (κ3) is 3.09. The number of rotatable bonds is 6. The van der Waals surface area contributed by atoms with Crippen molar-refractivity contribution >= 4 is 5.82 Å². The first-order valence-electron chi connectivity index (χ1n) is 6.57. The molecule has 2 heterocycles. The fourth-order valence-electron chi connectivity index (χ4n) is 1.79. The minimum absolute atomic E-state index is 0.928. The van der Waals surface area contributed by atoms with Gasteiger partial charge in [-0.05, 0) is 25.0 Å². The van der Waals surface area contributed by atoms with Gasteiger partial charge in [0, 0.05) is 24.8 Å². The Balaban J connectivity index is 2.15. The fraction of sp³-hybridized carbons (Fsp3) is 0.429. The van der Waals surface area contributed by atoms with Crippen molar-refractivity contribution in [2.24, 2.45) is 0 Å². The molecule has 0 unspecified atom stereocenters. The van der Waals surface area contributed by atoms with Gasteiger partial charge in [-0.3, -0.25) is 4.68 Å². The third-order valence-electron chi connectivity index (χ3n) is 2.69. The lowest BCUT2D eigenvalue weighted by Crippen LogP contribution is -2.01. The largest absolute Gasteiger partial charge is 0.370 e. The second-order valence-electron chi connectivity index (χ2n) is 4.33. The Hall–Kier alpha value is -1.84. The van der Waals surface area contributed by atoms with Crippen LogP contribution in [0.15, 0.2) is 30.6 Å². The molecule has 0 amide bonds. The Bertz CT molecular complexity index is 490. The van der Waals surface area contributed by atoms with Crippen LogP contribution in [-0.2, 0) is 6.54 Å². The van der Waals surface area contributed by atoms with Gasteiger partial charge in [-0.1, -0.05) is 19.9 Å². The lowest BCUT2D eigenvalue weighted by Gasteiger charge is -2.04. The molecule has 0 bridgehead atoms. The van der Waals surface area contributed by atoms with Gasteiger partial charge >= 0.3 is 0 Å². The zero-order chi connectivity index (χ0) is 12.8. The molecule has 2 aromatic rings. The van der Waals surface area contributed by atoms with E-state index in [0.717, 1.165) is 43.0 Å². The predicted molar refractivity (Wildman–Crippen MR) is 74.5 cm³/mol. The van der Waals surface area contributed by atoms with E-state index in [1.165, 1.54) is 0 Å². The molecule has 0 fully saturated rings. The summed E-state index contributed by atoms with van der Waals surface area (Å²) in [6.45, 7) is 6.19. The van der Waals surface area contributed by atoms with Gasteiger partial charge in [0.15, 0.2) is 0 Å². The molecule has 0 atom stereocenters. The van der Waals surface area contributed by atoms with Crippen molar-refractivity contribution in [3.05, 3.63) is 30.6 Å². The van der Waals surface area contributed by atoms with Gasteiger partial charge < -0.3 is 5.32 Å². The second kappa shape index (κ2) is 6.19. The zero-order valence-electron chi connectivity index (χ0n) is 11.1. The zero-order valence-corrected chi connectivity index (χ0v) is 11.1. The summed E-state index contributed by atoms with van der Waals surface area (Å²) in [5, 5.41) is 7.63. The van der Waals surface area contributed by atoms with E-state index in [2.05, 4.69) is 35.4 Å². The van der Waals surface area contributed by atoms with Gasteiger partial charge in [-0.15, -0.1) is 0 Å². The summed E-state index contributed by atoms with van der Waals surface area (Å²) in [6.07, 6.45) is 6.12. The van der Waals surface area contributed by atoms with Gasteiger partial charge in [-0.2, -0.15) is 5.10 Å². The van der Waals surface area contributed by atoms with E-state index in [9.17, 15) is 0 Å². The Morgan fingerprint density at radius 2 is 2.11 bits per heavy atom. The quantitative estimate of drug-likeness (QED) is 0.848. The van der Waals surface area contributed by atoms with Crippen LogP contribution in [-0.4, -0.2) is 21.3 Å². The molecule has 4 nitrogen and oxygen atoms in total. The first-order valence-corrected chi connectivity index (χ1v) is 6.57. The number of aryl methyl sites for hydroxylation is 1. The number of pyridine rings is 1. The molecule has 18 heavy (non-hydrogen) atoms. The maximum absolute atomic E-state index is 4.59. The fourth-order valence-corrected chi connectivity index (χ4v) is 1.79. The minimum atomic E-state index is 0.928. The van der Waals surface area contributed by atoms with E-state index in [4.69, 9.17) is 0 Å². The molecule has 0 aromatic carbocycles. The van der Waals surface area contributed by atoms with Crippen molar-refractivity contribution in [3.63, 3.8) is 0 Å². The SMILES string of the molecule is CCCNc1cccc(-c2cnn(CCC)c2)n1. The van der Waals surface area contributed by atoms with E-state index in [1.54, 1.807) is 0 Å². The minimum Gasteiger partial charge on any atom is -0.370 e. The monoisotopic (exact) mass is 244 g/mol. The van der Waals surface area contributed by atoms with E-state index in [-0.39, 0.29) is 0 Å². The van der Waals surface area contributed by atoms with Crippen LogP contribution in [0, 0.1) is 0 Å². The number of hydrogen-bond donors (Lipinski definition) is 1. The number of aromatic nitrogens is 3. The molecule has 0 aliphatic rings. The number of nitrogens with one attached hydrogen (secondary N) is 1. The van der Waals surface area contributed by atoms with Crippen molar-refractivity contribution in [2.45, 2.75) is 33.2 Å². The summed E-state index contributed by atoms with van der Waals surface area (Å²) >= 11 is 0. The molecule has 0 saturated carbocycles. The van der Waals surface area contributed by atoms with E-state index >= 15 is 0 Å². The summed E-state index contributed by atoms with van der Waals surface area (Å²) in [5.74, 6) is 0.928. The molecule has 1 N–H and O–H groups in total. The van der Waals surface area contributed by atoms with Gasteiger partial charge in [0.2, 0.25) is 0 Å². The average Bonchev–Trinajstić information content (AvgIpc) is 2.86. The standard InChI is InChI=1S/C14H20N4/c1-3-8-15-14-7-5-6-13(17-14)12-10-16-18(11-12)9-4-2/h5-7,10-11H,3-4,8-9H2,1-2H3,(H,15,17). The third-order valence-corrected chi connectivity index (χ3v) is 2.69. The van der Waals surface area contributed by atoms with E-state index in [0.29, 0.717) is 0 Å². The molecule has 0 radical (unpaired) electrons. The van der Waals surface area contributed by atoms with Crippen LogP contribution in [0.5, 0.6) is 0 Å². The first-order chi connectivity index (χ1) is 8.83. The number of nitrogens with zero attached hydrogens (tertiary/aromatic N) is 3. The Morgan fingerprint density at radius 1 is 1.22 bits per heavy atom. The molecular formula is C14H20N4. The highest BCUT2D eigenvalue weighted by molar-refractivity contribution is 5.59. The predicted octanol–water partition coefficient (Wildman–Crippen LogP) is 3.18. The molecular weight excluding hydrogens is 224 g/mol. The van der Waals surface area contributed by atoms with Gasteiger partial charge in [0.05, 0.1) is 11.9 Å². The summed E-state index contributed by atoms with van der Waals surface area (Å²) in [6, 6.07) is 6.04. The lowest BCUT2D eigenvalue weighted by molar-refractivity contribution is 0.603. The van der Waals surface area contributed by atoms with Crippen LogP contribution in [0.3, 0.4) is 0 Å². The highest BCUT2D eigenvalue weighted by atomic mass is 15.3. The molecule has 4 heteroatoms. The summed E-state index contributed by atoms with van der Waals surface area (Å²) in [4.78, 5) is 4.59. The van der Waals surface area contributed by atoms with Crippen molar-refractivity contribution in [1.29, 1.82) is 0 Å². The van der Waals surface area contributed by atoms with Crippen LogP contribution in [0.1, 0.15) is 26.7 Å². The molecule has 0 aliphatic heterocycles. The molecule has 0 saturated heterocycles. The van der Waals surface area contributed by atoms with Gasteiger partial charge in [-0.25, -0.2) is 4.98 Å². The topological polar surface area (TPSA) is 42.7 Å². The molecule has 0 spiro atoms. The number of hydrogen-bond acceptors (Lipinski definition) is 3. The van der Waals surface area contributed by atoms with Crippen LogP contribution in [0.2, 0.25) is 0 Å². The summed E-state index contributed by atoms with van der Waals surface area (Å²) in [7, 11) is 0. The first kappa shape index (κ1) is 12.6. The molecule has 0 aliphatic carbocycles. The van der Waals surface area contributed by atoms with E-state index in [1.807, 2.05) is 29.1 Å². The van der Waals surface area contributed by atoms with Crippen molar-refractivity contribution < 1.29 is 0 Å². The van der Waals surface area contributed by atoms with Crippen LogP contribution < -0.4 is 5.32 Å². The molecule has 2 aromatic heterocycles. The Labute approximate surface area is 108 Å². The maximum atomic E-state index is 4.59. The highest BCUT2D eigenvalue weighted by Crippen LogP contribution is 2.18. The molecule has 2 rings (SSSR count). The lowest BCUT2D eigenvalue weighted by atomic mass is 10.2.